The van der Waals surface area contributed by atoms with E-state index in [4.69, 9.17) is 4.74 Å². The molecule has 0 fully saturated rings. The predicted molar refractivity (Wildman–Crippen MR) is 84.5 cm³/mol. The van der Waals surface area contributed by atoms with Crippen LogP contribution in [0.2, 0.25) is 0 Å². The lowest BCUT2D eigenvalue weighted by Gasteiger charge is -2.13. The van der Waals surface area contributed by atoms with Gasteiger partial charge in [-0.1, -0.05) is 19.1 Å². The summed E-state index contributed by atoms with van der Waals surface area (Å²) >= 11 is 1.68. The van der Waals surface area contributed by atoms with Crippen LogP contribution in [0.3, 0.4) is 0 Å². The van der Waals surface area contributed by atoms with E-state index in [1.54, 1.807) is 11.3 Å². The normalized spacial score (nSPS) is 10.8. The van der Waals surface area contributed by atoms with Gasteiger partial charge in [-0.3, -0.25) is 0 Å². The minimum absolute atomic E-state index is 0.535. The summed E-state index contributed by atoms with van der Waals surface area (Å²) in [4.78, 5) is 4.58. The van der Waals surface area contributed by atoms with Crippen molar-refractivity contribution in [1.82, 2.24) is 10.3 Å². The highest BCUT2D eigenvalue weighted by Gasteiger charge is 2.08. The predicted octanol–water partition coefficient (Wildman–Crippen LogP) is 3.76. The molecule has 0 aliphatic carbocycles. The molecule has 0 aliphatic heterocycles. The van der Waals surface area contributed by atoms with Crippen molar-refractivity contribution in [2.45, 2.75) is 40.8 Å². The Labute approximate surface area is 125 Å². The summed E-state index contributed by atoms with van der Waals surface area (Å²) in [6.07, 6.45) is 0. The molecule has 0 spiro atoms. The SMILES string of the molecule is CCNCc1nc(COc2c(C)ccc(C)c2C)cs1. The summed E-state index contributed by atoms with van der Waals surface area (Å²) in [7, 11) is 0. The van der Waals surface area contributed by atoms with Gasteiger partial charge in [0.15, 0.2) is 0 Å². The van der Waals surface area contributed by atoms with Crippen molar-refractivity contribution >= 4 is 11.3 Å². The molecule has 1 heterocycles. The van der Waals surface area contributed by atoms with Crippen LogP contribution < -0.4 is 10.1 Å². The highest BCUT2D eigenvalue weighted by atomic mass is 32.1. The summed E-state index contributed by atoms with van der Waals surface area (Å²) in [5.41, 5.74) is 4.66. The van der Waals surface area contributed by atoms with Crippen LogP contribution >= 0.6 is 11.3 Å². The third-order valence-corrected chi connectivity index (χ3v) is 4.26. The molecule has 0 atom stereocenters. The zero-order valence-corrected chi connectivity index (χ0v) is 13.4. The van der Waals surface area contributed by atoms with E-state index in [1.165, 1.54) is 16.7 Å². The van der Waals surface area contributed by atoms with Crippen LogP contribution in [-0.4, -0.2) is 11.5 Å². The number of hydrogen-bond donors (Lipinski definition) is 1. The van der Waals surface area contributed by atoms with Gasteiger partial charge in [0.1, 0.15) is 17.4 Å². The van der Waals surface area contributed by atoms with Crippen LogP contribution in [0.5, 0.6) is 5.75 Å². The number of ether oxygens (including phenoxy) is 1. The maximum atomic E-state index is 5.98. The van der Waals surface area contributed by atoms with E-state index < -0.39 is 0 Å². The quantitative estimate of drug-likeness (QED) is 0.879. The van der Waals surface area contributed by atoms with Crippen molar-refractivity contribution in [2.24, 2.45) is 0 Å². The molecule has 2 rings (SSSR count). The van der Waals surface area contributed by atoms with E-state index in [0.29, 0.717) is 6.61 Å². The number of nitrogens with zero attached hydrogens (tertiary/aromatic N) is 1. The lowest BCUT2D eigenvalue weighted by molar-refractivity contribution is 0.297. The molecule has 1 aromatic carbocycles. The van der Waals surface area contributed by atoms with E-state index in [2.05, 4.69) is 55.5 Å². The van der Waals surface area contributed by atoms with Crippen LogP contribution in [0.15, 0.2) is 17.5 Å². The Hall–Kier alpha value is -1.39. The van der Waals surface area contributed by atoms with Crippen molar-refractivity contribution < 1.29 is 4.74 Å². The molecule has 0 saturated carbocycles. The van der Waals surface area contributed by atoms with E-state index in [0.717, 1.165) is 29.5 Å². The van der Waals surface area contributed by atoms with Gasteiger partial charge in [0.05, 0.1) is 5.69 Å². The highest BCUT2D eigenvalue weighted by molar-refractivity contribution is 7.09. The van der Waals surface area contributed by atoms with Gasteiger partial charge in [-0.2, -0.15) is 0 Å². The summed E-state index contributed by atoms with van der Waals surface area (Å²) in [6.45, 7) is 10.7. The van der Waals surface area contributed by atoms with Gasteiger partial charge in [-0.05, 0) is 44.0 Å². The largest absolute Gasteiger partial charge is 0.487 e. The molecule has 20 heavy (non-hydrogen) atoms. The lowest BCUT2D eigenvalue weighted by Crippen LogP contribution is -2.11. The van der Waals surface area contributed by atoms with Crippen molar-refractivity contribution in [3.63, 3.8) is 0 Å². The Morgan fingerprint density at radius 3 is 2.70 bits per heavy atom. The second kappa shape index (κ2) is 6.86. The second-order valence-corrected chi connectivity index (χ2v) is 5.90. The molecule has 1 N–H and O–H groups in total. The van der Waals surface area contributed by atoms with E-state index in [-0.39, 0.29) is 0 Å². The van der Waals surface area contributed by atoms with Gasteiger partial charge in [0.25, 0.3) is 0 Å². The highest BCUT2D eigenvalue weighted by Crippen LogP contribution is 2.26. The maximum absolute atomic E-state index is 5.98. The van der Waals surface area contributed by atoms with Gasteiger partial charge >= 0.3 is 0 Å². The number of aryl methyl sites for hydroxylation is 2. The molecule has 2 aromatic rings. The molecule has 0 radical (unpaired) electrons. The Morgan fingerprint density at radius 2 is 1.95 bits per heavy atom. The Bertz CT molecular complexity index is 578. The van der Waals surface area contributed by atoms with Crippen LogP contribution in [0, 0.1) is 20.8 Å². The minimum Gasteiger partial charge on any atom is -0.487 e. The molecule has 4 heteroatoms. The molecule has 0 aliphatic rings. The third kappa shape index (κ3) is 3.58. The second-order valence-electron chi connectivity index (χ2n) is 4.96. The first kappa shape index (κ1) is 15.0. The van der Waals surface area contributed by atoms with Crippen LogP contribution in [-0.2, 0) is 13.2 Å². The summed E-state index contributed by atoms with van der Waals surface area (Å²) in [5.74, 6) is 0.992. The average Bonchev–Trinajstić information content (AvgIpc) is 2.89. The van der Waals surface area contributed by atoms with Gasteiger partial charge < -0.3 is 10.1 Å². The number of thiazole rings is 1. The monoisotopic (exact) mass is 290 g/mol. The molecular formula is C16H22N2OS. The van der Waals surface area contributed by atoms with Crippen molar-refractivity contribution in [2.75, 3.05) is 6.54 Å². The molecule has 0 bridgehead atoms. The minimum atomic E-state index is 0.535. The topological polar surface area (TPSA) is 34.2 Å². The Kier molecular flexibility index (Phi) is 5.15. The number of aromatic nitrogens is 1. The first-order chi connectivity index (χ1) is 9.61. The van der Waals surface area contributed by atoms with Crippen molar-refractivity contribution in [1.29, 1.82) is 0 Å². The number of nitrogens with one attached hydrogen (secondary N) is 1. The third-order valence-electron chi connectivity index (χ3n) is 3.36. The van der Waals surface area contributed by atoms with Crippen LogP contribution in [0.1, 0.15) is 34.3 Å². The molecule has 3 nitrogen and oxygen atoms in total. The number of benzene rings is 1. The molecule has 0 saturated heterocycles. The molecule has 0 unspecified atom stereocenters. The number of rotatable bonds is 6. The zero-order chi connectivity index (χ0) is 14.5. The summed E-state index contributed by atoms with van der Waals surface area (Å²) in [5, 5.41) is 6.48. The van der Waals surface area contributed by atoms with E-state index >= 15 is 0 Å². The Balaban J connectivity index is 2.02. The molecule has 108 valence electrons. The average molecular weight is 290 g/mol. The summed E-state index contributed by atoms with van der Waals surface area (Å²) < 4.78 is 5.98. The fourth-order valence-corrected chi connectivity index (χ4v) is 2.77. The van der Waals surface area contributed by atoms with Crippen LogP contribution in [0.4, 0.5) is 0 Å². The van der Waals surface area contributed by atoms with E-state index in [1.807, 2.05) is 0 Å². The fourth-order valence-electron chi connectivity index (χ4n) is 2.02. The Morgan fingerprint density at radius 1 is 1.20 bits per heavy atom. The smallest absolute Gasteiger partial charge is 0.131 e. The van der Waals surface area contributed by atoms with Gasteiger partial charge in [0.2, 0.25) is 0 Å². The zero-order valence-electron chi connectivity index (χ0n) is 12.6. The first-order valence-corrected chi connectivity index (χ1v) is 7.83. The maximum Gasteiger partial charge on any atom is 0.131 e. The standard InChI is InChI=1S/C16H22N2OS/c1-5-17-8-15-18-14(10-20-15)9-19-16-12(3)7-6-11(2)13(16)4/h6-7,10,17H,5,8-9H2,1-4H3. The molecule has 1 aromatic heterocycles. The van der Waals surface area contributed by atoms with Crippen molar-refractivity contribution in [3.8, 4) is 5.75 Å². The first-order valence-electron chi connectivity index (χ1n) is 6.95. The summed E-state index contributed by atoms with van der Waals surface area (Å²) in [6, 6.07) is 4.24. The number of hydrogen-bond acceptors (Lipinski definition) is 4. The van der Waals surface area contributed by atoms with Gasteiger partial charge in [-0.25, -0.2) is 4.98 Å². The van der Waals surface area contributed by atoms with Crippen molar-refractivity contribution in [3.05, 3.63) is 44.9 Å². The molecule has 0 amide bonds. The van der Waals surface area contributed by atoms with Gasteiger partial charge in [-0.15, -0.1) is 11.3 Å². The fraction of sp³-hybridized carbons (Fsp3) is 0.438. The lowest BCUT2D eigenvalue weighted by atomic mass is 10.1. The molecular weight excluding hydrogens is 268 g/mol. The van der Waals surface area contributed by atoms with E-state index in [9.17, 15) is 0 Å². The van der Waals surface area contributed by atoms with Gasteiger partial charge in [0, 0.05) is 11.9 Å². The van der Waals surface area contributed by atoms with Crippen LogP contribution in [0.25, 0.3) is 0 Å².